The number of ether oxygens (including phenoxy) is 1. The zero-order chi connectivity index (χ0) is 28.5. The normalized spacial score (nSPS) is 13.9. The van der Waals surface area contributed by atoms with Crippen LogP contribution in [0.4, 0.5) is 15.8 Å². The van der Waals surface area contributed by atoms with Gasteiger partial charge in [-0.15, -0.1) is 0 Å². The fraction of sp³-hybridized carbons (Fsp3) is 0.194. The highest BCUT2D eigenvalue weighted by Crippen LogP contribution is 2.36. The Kier molecular flexibility index (Phi) is 6.98. The van der Waals surface area contributed by atoms with E-state index in [9.17, 15) is 14.3 Å². The predicted octanol–water partition coefficient (Wildman–Crippen LogP) is 5.15. The summed E-state index contributed by atoms with van der Waals surface area (Å²) in [5.74, 6) is 0.227. The van der Waals surface area contributed by atoms with Crippen molar-refractivity contribution in [1.82, 2.24) is 19.9 Å². The van der Waals surface area contributed by atoms with Gasteiger partial charge in [0.2, 0.25) is 5.88 Å². The van der Waals surface area contributed by atoms with E-state index in [1.54, 1.807) is 61.8 Å². The zero-order valence-corrected chi connectivity index (χ0v) is 22.7. The molecule has 0 saturated carbocycles. The van der Waals surface area contributed by atoms with Crippen molar-refractivity contribution in [2.75, 3.05) is 50.6 Å². The van der Waals surface area contributed by atoms with Crippen molar-refractivity contribution in [1.29, 1.82) is 0 Å². The fourth-order valence-electron chi connectivity index (χ4n) is 5.04. The van der Waals surface area contributed by atoms with Gasteiger partial charge in [-0.1, -0.05) is 6.07 Å². The number of methoxy groups -OCH3 is 1. The summed E-state index contributed by atoms with van der Waals surface area (Å²) in [5.41, 5.74) is 4.62. The highest BCUT2D eigenvalue weighted by molar-refractivity contribution is 6.06. The maximum atomic E-state index is 14.9. The van der Waals surface area contributed by atoms with Crippen LogP contribution in [0, 0.1) is 5.82 Å². The number of likely N-dealkylation sites (N-methyl/N-ethyl adjacent to an activating group) is 1. The van der Waals surface area contributed by atoms with E-state index >= 15 is 0 Å². The number of phenols is 1. The first-order valence-electron chi connectivity index (χ1n) is 13.3. The molecule has 5 aromatic rings. The van der Waals surface area contributed by atoms with Crippen molar-refractivity contribution >= 4 is 28.3 Å². The second-order valence-corrected chi connectivity index (χ2v) is 10.0. The Morgan fingerprint density at radius 2 is 1.85 bits per heavy atom. The smallest absolute Gasteiger partial charge is 0.255 e. The number of anilines is 2. The molecule has 3 heterocycles. The third-order valence-electron chi connectivity index (χ3n) is 7.32. The Hall–Kier alpha value is -4.96. The molecule has 0 aliphatic carbocycles. The largest absolute Gasteiger partial charge is 0.507 e. The molecule has 1 amide bonds. The lowest BCUT2D eigenvalue weighted by Gasteiger charge is -2.34. The van der Waals surface area contributed by atoms with Gasteiger partial charge in [0, 0.05) is 49.2 Å². The van der Waals surface area contributed by atoms with Crippen molar-refractivity contribution in [2.45, 2.75) is 0 Å². The van der Waals surface area contributed by atoms with Crippen molar-refractivity contribution in [2.24, 2.45) is 0 Å². The molecule has 6 rings (SSSR count). The van der Waals surface area contributed by atoms with E-state index in [0.717, 1.165) is 37.3 Å². The van der Waals surface area contributed by atoms with Crippen molar-refractivity contribution in [3.63, 3.8) is 0 Å². The van der Waals surface area contributed by atoms with Crippen molar-refractivity contribution in [3.05, 3.63) is 84.3 Å². The maximum Gasteiger partial charge on any atom is 0.255 e. The third-order valence-corrected chi connectivity index (χ3v) is 7.32. The van der Waals surface area contributed by atoms with Gasteiger partial charge in [0.05, 0.1) is 29.4 Å². The molecule has 0 radical (unpaired) electrons. The van der Waals surface area contributed by atoms with Gasteiger partial charge in [-0.3, -0.25) is 4.79 Å². The summed E-state index contributed by atoms with van der Waals surface area (Å²) in [6.45, 7) is 3.26. The minimum atomic E-state index is -0.372. The Morgan fingerprint density at radius 1 is 1.02 bits per heavy atom. The third kappa shape index (κ3) is 5.29. The van der Waals surface area contributed by atoms with Gasteiger partial charge in [0.25, 0.3) is 5.91 Å². The number of aromatic amines is 1. The second kappa shape index (κ2) is 10.9. The quantitative estimate of drug-likeness (QED) is 0.268. The standard InChI is InChI=1S/C31H29FN6O3/c1-37-12-14-38(15-13-37)27-9-7-21(18-24(27)32)34-30(40)20-5-8-25-26(17-20)36-29(35-25)23-16-19(6-10-28(23)39)22-4-3-11-33-31(22)41-2/h3-11,16-18,39H,12-15H2,1-2H3,(H,34,40)(H,35,36). The number of halogens is 1. The van der Waals surface area contributed by atoms with Crippen LogP contribution in [0.3, 0.4) is 0 Å². The van der Waals surface area contributed by atoms with E-state index in [1.807, 2.05) is 17.0 Å². The molecule has 1 fully saturated rings. The number of hydrogen-bond donors (Lipinski definition) is 3. The van der Waals surface area contributed by atoms with Crippen LogP contribution in [-0.2, 0) is 0 Å². The summed E-state index contributed by atoms with van der Waals surface area (Å²) in [6.07, 6.45) is 1.65. The number of aromatic nitrogens is 3. The summed E-state index contributed by atoms with van der Waals surface area (Å²) in [6, 6.07) is 18.7. The summed E-state index contributed by atoms with van der Waals surface area (Å²) in [5, 5.41) is 13.4. The van der Waals surface area contributed by atoms with Crippen LogP contribution in [0.5, 0.6) is 11.6 Å². The Balaban J connectivity index is 1.23. The van der Waals surface area contributed by atoms with E-state index < -0.39 is 0 Å². The topological polar surface area (TPSA) is 107 Å². The molecule has 0 atom stereocenters. The lowest BCUT2D eigenvalue weighted by molar-refractivity contribution is 0.102. The van der Waals surface area contributed by atoms with E-state index in [-0.39, 0.29) is 17.5 Å². The number of imidazole rings is 1. The number of rotatable bonds is 6. The molecular weight excluding hydrogens is 523 g/mol. The van der Waals surface area contributed by atoms with Gasteiger partial charge in [-0.05, 0) is 73.3 Å². The van der Waals surface area contributed by atoms with Crippen LogP contribution in [0.15, 0.2) is 72.9 Å². The van der Waals surface area contributed by atoms with E-state index in [1.165, 1.54) is 6.07 Å². The number of piperazine rings is 1. The van der Waals surface area contributed by atoms with Gasteiger partial charge >= 0.3 is 0 Å². The first-order chi connectivity index (χ1) is 19.9. The van der Waals surface area contributed by atoms with Crippen LogP contribution in [0.2, 0.25) is 0 Å². The highest BCUT2D eigenvalue weighted by atomic mass is 19.1. The highest BCUT2D eigenvalue weighted by Gasteiger charge is 2.19. The lowest BCUT2D eigenvalue weighted by Crippen LogP contribution is -2.44. The number of aromatic hydroxyl groups is 1. The Morgan fingerprint density at radius 3 is 2.63 bits per heavy atom. The number of carbonyl (C=O) groups is 1. The number of amides is 1. The summed E-state index contributed by atoms with van der Waals surface area (Å²) < 4.78 is 20.3. The molecule has 1 aliphatic heterocycles. The maximum absolute atomic E-state index is 14.9. The molecular formula is C31H29FN6O3. The van der Waals surface area contributed by atoms with E-state index in [4.69, 9.17) is 4.74 Å². The number of benzene rings is 3. The second-order valence-electron chi connectivity index (χ2n) is 10.0. The number of fused-ring (bicyclic) bond motifs is 1. The Bertz CT molecular complexity index is 1750. The molecule has 10 heteroatoms. The van der Waals surface area contributed by atoms with Crippen molar-refractivity contribution in [3.8, 4) is 34.1 Å². The molecule has 41 heavy (non-hydrogen) atoms. The predicted molar refractivity (Wildman–Crippen MR) is 157 cm³/mol. The number of H-pyrrole nitrogens is 1. The van der Waals surface area contributed by atoms with Gasteiger partial charge in [0.1, 0.15) is 17.4 Å². The SMILES string of the molecule is COc1ncccc1-c1ccc(O)c(-c2nc3ccc(C(=O)Nc4ccc(N5CCN(C)CC5)c(F)c4)cc3[nH]2)c1. The first-order valence-corrected chi connectivity index (χ1v) is 13.3. The molecule has 0 bridgehead atoms. The van der Waals surface area contributed by atoms with Crippen LogP contribution in [0.1, 0.15) is 10.4 Å². The molecule has 0 unspecified atom stereocenters. The average molecular weight is 553 g/mol. The van der Waals surface area contributed by atoms with Gasteiger partial charge in [0.15, 0.2) is 0 Å². The lowest BCUT2D eigenvalue weighted by atomic mass is 10.0. The van der Waals surface area contributed by atoms with Crippen LogP contribution < -0.4 is 15.0 Å². The minimum Gasteiger partial charge on any atom is -0.507 e. The van der Waals surface area contributed by atoms with Gasteiger partial charge < -0.3 is 29.9 Å². The van der Waals surface area contributed by atoms with E-state index in [2.05, 4.69) is 32.2 Å². The number of carbonyl (C=O) groups excluding carboxylic acids is 1. The first kappa shape index (κ1) is 26.3. The fourth-order valence-corrected chi connectivity index (χ4v) is 5.04. The number of nitrogens with zero attached hydrogens (tertiary/aromatic N) is 4. The summed E-state index contributed by atoms with van der Waals surface area (Å²) >= 11 is 0. The van der Waals surface area contributed by atoms with Crippen LogP contribution in [-0.4, -0.2) is 71.2 Å². The van der Waals surface area contributed by atoms with Gasteiger partial charge in [-0.25, -0.2) is 14.4 Å². The molecule has 2 aromatic heterocycles. The van der Waals surface area contributed by atoms with Crippen molar-refractivity contribution < 1.29 is 19.0 Å². The van der Waals surface area contributed by atoms with Crippen LogP contribution in [0.25, 0.3) is 33.5 Å². The monoisotopic (exact) mass is 552 g/mol. The summed E-state index contributed by atoms with van der Waals surface area (Å²) in [7, 11) is 3.61. The number of nitrogens with one attached hydrogen (secondary N) is 2. The molecule has 3 aromatic carbocycles. The number of pyridine rings is 1. The molecule has 3 N–H and O–H groups in total. The molecule has 208 valence electrons. The molecule has 9 nitrogen and oxygen atoms in total. The minimum absolute atomic E-state index is 0.0516. The number of phenolic OH excluding ortho intramolecular Hbond substituents is 1. The van der Waals surface area contributed by atoms with E-state index in [0.29, 0.717) is 45.2 Å². The molecule has 1 aliphatic rings. The van der Waals surface area contributed by atoms with Crippen LogP contribution >= 0.6 is 0 Å². The zero-order valence-electron chi connectivity index (χ0n) is 22.7. The molecule has 0 spiro atoms. The average Bonchev–Trinajstić information content (AvgIpc) is 3.41. The van der Waals surface area contributed by atoms with Gasteiger partial charge in [-0.2, -0.15) is 0 Å². The molecule has 1 saturated heterocycles. The number of hydrogen-bond acceptors (Lipinski definition) is 7. The summed E-state index contributed by atoms with van der Waals surface area (Å²) in [4.78, 5) is 29.4. The Labute approximate surface area is 236 Å².